The van der Waals surface area contributed by atoms with Gasteiger partial charge in [-0.1, -0.05) is 20.3 Å². The van der Waals surface area contributed by atoms with Crippen molar-refractivity contribution in [1.29, 1.82) is 0 Å². The zero-order valence-corrected chi connectivity index (χ0v) is 9.63. The molecule has 0 aliphatic carbocycles. The van der Waals surface area contributed by atoms with Crippen LogP contribution in [0.5, 0.6) is 0 Å². The molecule has 2 atom stereocenters. The summed E-state index contributed by atoms with van der Waals surface area (Å²) in [5.41, 5.74) is -0.280. The van der Waals surface area contributed by atoms with Crippen LogP contribution in [0.15, 0.2) is 0 Å². The average molecular weight is 213 g/mol. The van der Waals surface area contributed by atoms with E-state index < -0.39 is 6.04 Å². The van der Waals surface area contributed by atoms with E-state index in [1.807, 2.05) is 6.92 Å². The summed E-state index contributed by atoms with van der Waals surface area (Å²) in [6, 6.07) is -0.468. The van der Waals surface area contributed by atoms with E-state index in [1.165, 1.54) is 0 Å². The van der Waals surface area contributed by atoms with Gasteiger partial charge >= 0.3 is 5.97 Å². The molecule has 0 aromatic carbocycles. The lowest BCUT2D eigenvalue weighted by molar-refractivity contribution is -0.148. The lowest BCUT2D eigenvalue weighted by atomic mass is 9.78. The molecule has 4 nitrogen and oxygen atoms in total. The maximum atomic E-state index is 11.6. The molecule has 1 N–H and O–H groups in total. The van der Waals surface area contributed by atoms with Crippen molar-refractivity contribution in [1.82, 2.24) is 5.32 Å². The molecule has 0 aromatic rings. The second kappa shape index (κ2) is 4.64. The maximum Gasteiger partial charge on any atom is 0.329 e. The zero-order chi connectivity index (χ0) is 11.5. The summed E-state index contributed by atoms with van der Waals surface area (Å²) in [6.45, 7) is 6.14. The molecule has 0 spiro atoms. The van der Waals surface area contributed by atoms with Crippen LogP contribution in [0, 0.1) is 5.41 Å². The van der Waals surface area contributed by atoms with E-state index in [1.54, 1.807) is 6.92 Å². The fourth-order valence-corrected chi connectivity index (χ4v) is 2.23. The summed E-state index contributed by atoms with van der Waals surface area (Å²) < 4.78 is 4.96. The first-order valence-corrected chi connectivity index (χ1v) is 5.49. The number of nitrogens with one attached hydrogen (secondary N) is 1. The number of ether oxygens (including phenoxy) is 1. The molecule has 1 saturated heterocycles. The molecule has 0 bridgehead atoms. The molecule has 15 heavy (non-hydrogen) atoms. The van der Waals surface area contributed by atoms with Crippen molar-refractivity contribution < 1.29 is 14.3 Å². The van der Waals surface area contributed by atoms with E-state index in [9.17, 15) is 9.59 Å². The van der Waals surface area contributed by atoms with Gasteiger partial charge in [-0.15, -0.1) is 0 Å². The lowest BCUT2D eigenvalue weighted by Crippen LogP contribution is -2.43. The van der Waals surface area contributed by atoms with Gasteiger partial charge in [0.25, 0.3) is 0 Å². The van der Waals surface area contributed by atoms with Gasteiger partial charge in [0, 0.05) is 11.8 Å². The second-order valence-corrected chi connectivity index (χ2v) is 4.33. The summed E-state index contributed by atoms with van der Waals surface area (Å²) in [5, 5.41) is 2.70. The molecule has 0 saturated carbocycles. The molecule has 0 radical (unpaired) electrons. The number of hydrogen-bond donors (Lipinski definition) is 1. The van der Waals surface area contributed by atoms with E-state index in [0.717, 1.165) is 12.8 Å². The fourth-order valence-electron chi connectivity index (χ4n) is 2.23. The van der Waals surface area contributed by atoms with Crippen LogP contribution in [-0.4, -0.2) is 24.5 Å². The number of carbonyl (C=O) groups is 2. The largest absolute Gasteiger partial charge is 0.464 e. The average Bonchev–Trinajstić information content (AvgIpc) is 2.42. The molecule has 1 amide bonds. The van der Waals surface area contributed by atoms with Crippen molar-refractivity contribution in [2.24, 2.45) is 5.41 Å². The van der Waals surface area contributed by atoms with Crippen molar-refractivity contribution >= 4 is 11.9 Å². The quantitative estimate of drug-likeness (QED) is 0.715. The summed E-state index contributed by atoms with van der Waals surface area (Å²) in [4.78, 5) is 23.0. The first-order chi connectivity index (χ1) is 7.03. The van der Waals surface area contributed by atoms with Crippen molar-refractivity contribution in [2.75, 3.05) is 6.61 Å². The summed E-state index contributed by atoms with van der Waals surface area (Å²) in [5.74, 6) is -0.358. The van der Waals surface area contributed by atoms with Gasteiger partial charge in [-0.05, 0) is 13.3 Å². The van der Waals surface area contributed by atoms with Gasteiger partial charge in [-0.25, -0.2) is 4.79 Å². The zero-order valence-electron chi connectivity index (χ0n) is 9.63. The maximum absolute atomic E-state index is 11.6. The Hall–Kier alpha value is -1.06. The smallest absolute Gasteiger partial charge is 0.329 e. The van der Waals surface area contributed by atoms with Gasteiger partial charge in [0.05, 0.1) is 6.61 Å². The minimum absolute atomic E-state index is 0.0518. The molecule has 1 aliphatic heterocycles. The highest BCUT2D eigenvalue weighted by molar-refractivity contribution is 5.89. The molecular formula is C11H19NO3. The van der Waals surface area contributed by atoms with Crippen molar-refractivity contribution in [3.05, 3.63) is 0 Å². The van der Waals surface area contributed by atoms with Crippen LogP contribution in [-0.2, 0) is 14.3 Å². The van der Waals surface area contributed by atoms with Gasteiger partial charge in [-0.2, -0.15) is 0 Å². The van der Waals surface area contributed by atoms with Gasteiger partial charge in [0.15, 0.2) is 0 Å². The Morgan fingerprint density at radius 2 is 2.27 bits per heavy atom. The number of amides is 1. The number of rotatable bonds is 4. The van der Waals surface area contributed by atoms with Crippen LogP contribution in [0.25, 0.3) is 0 Å². The van der Waals surface area contributed by atoms with Crippen LogP contribution in [0.2, 0.25) is 0 Å². The number of esters is 1. The van der Waals surface area contributed by atoms with Crippen LogP contribution in [0.3, 0.4) is 0 Å². The number of carbonyl (C=O) groups excluding carboxylic acids is 2. The minimum Gasteiger partial charge on any atom is -0.464 e. The normalized spacial score (nSPS) is 30.1. The molecule has 86 valence electrons. The molecule has 2 unspecified atom stereocenters. The molecule has 1 heterocycles. The van der Waals surface area contributed by atoms with Gasteiger partial charge < -0.3 is 10.1 Å². The Morgan fingerprint density at radius 1 is 1.60 bits per heavy atom. The Kier molecular flexibility index (Phi) is 3.72. The Balaban J connectivity index is 2.76. The highest BCUT2D eigenvalue weighted by atomic mass is 16.5. The van der Waals surface area contributed by atoms with Gasteiger partial charge in [0.1, 0.15) is 6.04 Å². The first-order valence-electron chi connectivity index (χ1n) is 5.49. The Morgan fingerprint density at radius 3 is 2.80 bits per heavy atom. The fraction of sp³-hybridized carbons (Fsp3) is 0.818. The summed E-state index contributed by atoms with van der Waals surface area (Å²) in [6.07, 6.45) is 2.24. The molecular weight excluding hydrogens is 194 g/mol. The summed E-state index contributed by atoms with van der Waals surface area (Å²) in [7, 11) is 0. The van der Waals surface area contributed by atoms with Crippen molar-refractivity contribution in [2.45, 2.75) is 46.1 Å². The van der Waals surface area contributed by atoms with Crippen LogP contribution >= 0.6 is 0 Å². The second-order valence-electron chi connectivity index (χ2n) is 4.33. The molecule has 0 aromatic heterocycles. The van der Waals surface area contributed by atoms with Gasteiger partial charge in [-0.3, -0.25) is 4.79 Å². The van der Waals surface area contributed by atoms with E-state index in [2.05, 4.69) is 12.2 Å². The van der Waals surface area contributed by atoms with Crippen LogP contribution in [0.4, 0.5) is 0 Å². The first kappa shape index (κ1) is 12.0. The van der Waals surface area contributed by atoms with E-state index in [0.29, 0.717) is 13.0 Å². The van der Waals surface area contributed by atoms with Gasteiger partial charge in [0.2, 0.25) is 5.91 Å². The Bertz CT molecular complexity index is 265. The summed E-state index contributed by atoms with van der Waals surface area (Å²) >= 11 is 0. The van der Waals surface area contributed by atoms with E-state index in [4.69, 9.17) is 4.74 Å². The highest BCUT2D eigenvalue weighted by Crippen LogP contribution is 2.36. The Labute approximate surface area is 90.4 Å². The number of hydrogen-bond acceptors (Lipinski definition) is 3. The standard InChI is InChI=1S/C11H19NO3/c1-4-6-11(3)7-8(13)12-9(11)10(14)15-5-2/h9H,4-7H2,1-3H3,(H,12,13). The van der Waals surface area contributed by atoms with E-state index >= 15 is 0 Å². The topological polar surface area (TPSA) is 55.4 Å². The monoisotopic (exact) mass is 213 g/mol. The predicted molar refractivity (Wildman–Crippen MR) is 56.2 cm³/mol. The van der Waals surface area contributed by atoms with Crippen molar-refractivity contribution in [3.8, 4) is 0 Å². The van der Waals surface area contributed by atoms with Crippen LogP contribution in [0.1, 0.15) is 40.0 Å². The molecule has 1 rings (SSSR count). The third-order valence-corrected chi connectivity index (χ3v) is 2.91. The third kappa shape index (κ3) is 2.49. The predicted octanol–water partition coefficient (Wildman–Crippen LogP) is 1.24. The van der Waals surface area contributed by atoms with E-state index in [-0.39, 0.29) is 17.3 Å². The van der Waals surface area contributed by atoms with Crippen molar-refractivity contribution in [3.63, 3.8) is 0 Å². The molecule has 1 fully saturated rings. The molecule has 1 aliphatic rings. The van der Waals surface area contributed by atoms with Crippen LogP contribution < -0.4 is 5.32 Å². The molecule has 4 heteroatoms. The lowest BCUT2D eigenvalue weighted by Gasteiger charge is -2.27. The minimum atomic E-state index is -0.468. The highest BCUT2D eigenvalue weighted by Gasteiger charge is 2.47. The third-order valence-electron chi connectivity index (χ3n) is 2.91. The SMILES string of the molecule is CCCC1(C)CC(=O)NC1C(=O)OCC.